The third-order valence-corrected chi connectivity index (χ3v) is 8.05. The summed E-state index contributed by atoms with van der Waals surface area (Å²) in [6.45, 7) is 8.60. The summed E-state index contributed by atoms with van der Waals surface area (Å²) in [7, 11) is 1.62. The van der Waals surface area contributed by atoms with E-state index in [2.05, 4.69) is 38.0 Å². The molecule has 6 rings (SSSR count). The standard InChI is InChI=1S/C33H35N3O5/c1-32(2)14-24(37)30-27(16-32)41-28-17-33(3,4)15-25(38)31(28)29(30)20-10-12-22(13-11-20)40-19-21-18-36(35-34-21)23-8-6-7-9-26(23)39-5/h6-13,18,29H,14-17,19H2,1-5H3. The van der Waals surface area contributed by atoms with Crippen LogP contribution in [0.5, 0.6) is 11.5 Å². The van der Waals surface area contributed by atoms with Crippen LogP contribution in [0.4, 0.5) is 0 Å². The lowest BCUT2D eigenvalue weighted by molar-refractivity contribution is -0.120. The van der Waals surface area contributed by atoms with Gasteiger partial charge in [-0.25, -0.2) is 4.68 Å². The lowest BCUT2D eigenvalue weighted by atomic mass is 9.65. The first-order chi connectivity index (χ1) is 19.5. The quantitative estimate of drug-likeness (QED) is 0.356. The molecule has 0 atom stereocenters. The van der Waals surface area contributed by atoms with Gasteiger partial charge in [0.1, 0.15) is 41.0 Å². The summed E-state index contributed by atoms with van der Waals surface area (Å²) in [6.07, 6.45) is 4.03. The molecule has 3 aliphatic rings. The van der Waals surface area contributed by atoms with Crippen LogP contribution < -0.4 is 9.47 Å². The smallest absolute Gasteiger partial charge is 0.163 e. The molecular formula is C33H35N3O5. The fraction of sp³-hybridized carbons (Fsp3) is 0.394. The molecule has 0 amide bonds. The Kier molecular flexibility index (Phi) is 6.59. The molecule has 0 bridgehead atoms. The molecule has 1 aliphatic heterocycles. The zero-order chi connectivity index (χ0) is 28.9. The molecule has 212 valence electrons. The molecule has 0 fully saturated rings. The third-order valence-electron chi connectivity index (χ3n) is 8.05. The second-order valence-corrected chi connectivity index (χ2v) is 12.8. The molecule has 0 radical (unpaired) electrons. The normalized spacial score (nSPS) is 19.9. The molecule has 1 aromatic heterocycles. The minimum absolute atomic E-state index is 0.0592. The molecule has 3 aromatic rings. The van der Waals surface area contributed by atoms with Crippen LogP contribution in [0.3, 0.4) is 0 Å². The Hall–Kier alpha value is -4.20. The summed E-state index contributed by atoms with van der Waals surface area (Å²) in [5, 5.41) is 8.45. The van der Waals surface area contributed by atoms with E-state index in [1.165, 1.54) is 0 Å². The van der Waals surface area contributed by atoms with Gasteiger partial charge in [0.05, 0.1) is 13.3 Å². The summed E-state index contributed by atoms with van der Waals surface area (Å²) in [5.74, 6) is 2.50. The van der Waals surface area contributed by atoms with E-state index in [1.807, 2.05) is 54.7 Å². The molecule has 41 heavy (non-hydrogen) atoms. The van der Waals surface area contributed by atoms with Crippen molar-refractivity contribution < 1.29 is 23.8 Å². The van der Waals surface area contributed by atoms with Crippen molar-refractivity contribution in [2.45, 2.75) is 65.9 Å². The molecule has 8 nitrogen and oxygen atoms in total. The SMILES string of the molecule is COc1ccccc1-n1cc(COc2ccc(C3C4=C(CC(C)(C)CC4=O)OC4=C3C(=O)CC(C)(C)C4)cc2)nn1. The van der Waals surface area contributed by atoms with E-state index in [9.17, 15) is 9.59 Å². The number of hydrogen-bond acceptors (Lipinski definition) is 7. The maximum Gasteiger partial charge on any atom is 0.163 e. The van der Waals surface area contributed by atoms with Crippen molar-refractivity contribution in [3.63, 3.8) is 0 Å². The Balaban J connectivity index is 1.26. The van der Waals surface area contributed by atoms with Crippen LogP contribution in [0.15, 0.2) is 77.4 Å². The van der Waals surface area contributed by atoms with Gasteiger partial charge in [0.2, 0.25) is 0 Å². The first-order valence-corrected chi connectivity index (χ1v) is 14.0. The number of ether oxygens (including phenoxy) is 3. The monoisotopic (exact) mass is 553 g/mol. The van der Waals surface area contributed by atoms with Gasteiger partial charge in [-0.15, -0.1) is 5.10 Å². The Labute approximate surface area is 240 Å². The van der Waals surface area contributed by atoms with Gasteiger partial charge in [-0.3, -0.25) is 9.59 Å². The van der Waals surface area contributed by atoms with E-state index in [4.69, 9.17) is 14.2 Å². The van der Waals surface area contributed by atoms with E-state index >= 15 is 0 Å². The zero-order valence-electron chi connectivity index (χ0n) is 24.2. The number of benzene rings is 2. The summed E-state index contributed by atoms with van der Waals surface area (Å²) < 4.78 is 19.5. The highest BCUT2D eigenvalue weighted by Gasteiger charge is 2.47. The van der Waals surface area contributed by atoms with E-state index < -0.39 is 5.92 Å². The van der Waals surface area contributed by atoms with Gasteiger partial charge in [0, 0.05) is 42.7 Å². The number of aromatic nitrogens is 3. The Morgan fingerprint density at radius 1 is 0.878 bits per heavy atom. The number of allylic oxidation sites excluding steroid dienone is 4. The maximum atomic E-state index is 13.5. The van der Waals surface area contributed by atoms with Crippen molar-refractivity contribution >= 4 is 11.6 Å². The van der Waals surface area contributed by atoms with E-state index in [1.54, 1.807) is 11.8 Å². The van der Waals surface area contributed by atoms with E-state index in [0.717, 1.165) is 22.8 Å². The molecular weight excluding hydrogens is 518 g/mol. The van der Waals surface area contributed by atoms with Gasteiger partial charge in [0.25, 0.3) is 0 Å². The Morgan fingerprint density at radius 2 is 1.49 bits per heavy atom. The fourth-order valence-corrected chi connectivity index (χ4v) is 6.22. The molecule has 8 heteroatoms. The minimum Gasteiger partial charge on any atom is -0.494 e. The summed E-state index contributed by atoms with van der Waals surface area (Å²) in [6, 6.07) is 15.3. The first-order valence-electron chi connectivity index (χ1n) is 14.0. The molecule has 2 heterocycles. The van der Waals surface area contributed by atoms with Gasteiger partial charge >= 0.3 is 0 Å². The average Bonchev–Trinajstić information content (AvgIpc) is 3.38. The van der Waals surface area contributed by atoms with Gasteiger partial charge in [-0.2, -0.15) is 0 Å². The van der Waals surface area contributed by atoms with Gasteiger partial charge in [0.15, 0.2) is 11.6 Å². The van der Waals surface area contributed by atoms with Gasteiger partial charge < -0.3 is 14.2 Å². The van der Waals surface area contributed by atoms with Crippen LogP contribution in [0.1, 0.15) is 70.6 Å². The lowest BCUT2D eigenvalue weighted by Gasteiger charge is -2.42. The number of hydrogen-bond donors (Lipinski definition) is 0. The van der Waals surface area contributed by atoms with Crippen molar-refractivity contribution in [1.82, 2.24) is 15.0 Å². The predicted octanol–water partition coefficient (Wildman–Crippen LogP) is 6.26. The van der Waals surface area contributed by atoms with Crippen molar-refractivity contribution in [1.29, 1.82) is 0 Å². The number of ketones is 2. The highest BCUT2D eigenvalue weighted by molar-refractivity contribution is 6.06. The maximum absolute atomic E-state index is 13.5. The fourth-order valence-electron chi connectivity index (χ4n) is 6.22. The Morgan fingerprint density at radius 3 is 2.10 bits per heavy atom. The van der Waals surface area contributed by atoms with Gasteiger partial charge in [-0.1, -0.05) is 57.2 Å². The van der Waals surface area contributed by atoms with E-state index in [0.29, 0.717) is 54.0 Å². The van der Waals surface area contributed by atoms with Crippen LogP contribution in [-0.4, -0.2) is 33.7 Å². The predicted molar refractivity (Wildman–Crippen MR) is 153 cm³/mol. The number of para-hydroxylation sites is 2. The number of Topliss-reactive ketones (excluding diaryl/α,β-unsaturated/α-hetero) is 2. The molecule has 0 unspecified atom stereocenters. The van der Waals surface area contributed by atoms with Gasteiger partial charge in [-0.05, 0) is 40.7 Å². The second kappa shape index (κ2) is 10.0. The highest BCUT2D eigenvalue weighted by atomic mass is 16.5. The topological polar surface area (TPSA) is 92.5 Å². The molecule has 0 saturated heterocycles. The number of carbonyl (C=O) groups excluding carboxylic acids is 2. The molecule has 0 spiro atoms. The van der Waals surface area contributed by atoms with Crippen LogP contribution in [0, 0.1) is 10.8 Å². The van der Waals surface area contributed by atoms with E-state index in [-0.39, 0.29) is 29.0 Å². The molecule has 2 aliphatic carbocycles. The number of nitrogens with zero attached hydrogens (tertiary/aromatic N) is 3. The highest BCUT2D eigenvalue weighted by Crippen LogP contribution is 2.53. The van der Waals surface area contributed by atoms with Crippen LogP contribution in [-0.2, 0) is 20.9 Å². The largest absolute Gasteiger partial charge is 0.494 e. The number of methoxy groups -OCH3 is 1. The van der Waals surface area contributed by atoms with Crippen LogP contribution >= 0.6 is 0 Å². The molecule has 0 N–H and O–H groups in total. The van der Waals surface area contributed by atoms with Crippen molar-refractivity contribution in [2.24, 2.45) is 10.8 Å². The van der Waals surface area contributed by atoms with Crippen molar-refractivity contribution in [3.8, 4) is 17.2 Å². The number of carbonyl (C=O) groups is 2. The Bertz CT molecular complexity index is 1540. The number of rotatable bonds is 6. The lowest BCUT2D eigenvalue weighted by Crippen LogP contribution is -2.37. The summed E-state index contributed by atoms with van der Waals surface area (Å²) in [4.78, 5) is 27.0. The van der Waals surface area contributed by atoms with Crippen molar-refractivity contribution in [2.75, 3.05) is 7.11 Å². The molecule has 0 saturated carbocycles. The van der Waals surface area contributed by atoms with Crippen LogP contribution in [0.2, 0.25) is 0 Å². The minimum atomic E-state index is -0.421. The summed E-state index contributed by atoms with van der Waals surface area (Å²) in [5.41, 5.74) is 3.26. The second-order valence-electron chi connectivity index (χ2n) is 12.8. The zero-order valence-corrected chi connectivity index (χ0v) is 24.2. The van der Waals surface area contributed by atoms with Crippen LogP contribution in [0.25, 0.3) is 5.69 Å². The summed E-state index contributed by atoms with van der Waals surface area (Å²) >= 11 is 0. The third kappa shape index (κ3) is 5.19. The first kappa shape index (κ1) is 27.0. The van der Waals surface area contributed by atoms with Crippen molar-refractivity contribution in [3.05, 3.63) is 88.6 Å². The molecule has 2 aromatic carbocycles. The average molecular weight is 554 g/mol.